The second-order valence-corrected chi connectivity index (χ2v) is 5.12. The van der Waals surface area contributed by atoms with Crippen LogP contribution in [0.3, 0.4) is 0 Å². The Kier molecular flexibility index (Phi) is 4.66. The quantitative estimate of drug-likeness (QED) is 0.817. The van der Waals surface area contributed by atoms with Crippen LogP contribution in [0, 0.1) is 0 Å². The van der Waals surface area contributed by atoms with Crippen molar-refractivity contribution in [2.45, 2.75) is 24.9 Å². The molecule has 0 radical (unpaired) electrons. The first-order valence-corrected chi connectivity index (χ1v) is 6.79. The third kappa shape index (κ3) is 3.39. The minimum Gasteiger partial charge on any atom is -0.497 e. The molecule has 1 aromatic rings. The zero-order valence-corrected chi connectivity index (χ0v) is 12.3. The van der Waals surface area contributed by atoms with Crippen LogP contribution in [0.1, 0.15) is 24.4 Å². The van der Waals surface area contributed by atoms with E-state index in [9.17, 15) is 0 Å². The minimum absolute atomic E-state index is 0.246. The van der Waals surface area contributed by atoms with Crippen molar-refractivity contribution in [3.8, 4) is 11.5 Å². The lowest BCUT2D eigenvalue weighted by Gasteiger charge is -2.25. The molecule has 1 aromatic carbocycles. The molecule has 0 aliphatic heterocycles. The molecule has 1 unspecified atom stereocenters. The molecule has 106 valence electrons. The highest BCUT2D eigenvalue weighted by Gasteiger charge is 2.28. The lowest BCUT2D eigenvalue weighted by Crippen LogP contribution is -2.32. The van der Waals surface area contributed by atoms with Crippen LogP contribution < -0.4 is 14.8 Å². The molecule has 0 saturated heterocycles. The van der Waals surface area contributed by atoms with Gasteiger partial charge >= 0.3 is 0 Å². The van der Waals surface area contributed by atoms with E-state index in [1.54, 1.807) is 14.2 Å². The van der Waals surface area contributed by atoms with Crippen LogP contribution in [0.25, 0.3) is 0 Å². The molecule has 0 heterocycles. The summed E-state index contributed by atoms with van der Waals surface area (Å²) in [5.74, 6) is 1.77. The van der Waals surface area contributed by atoms with Gasteiger partial charge in [0.1, 0.15) is 11.5 Å². The van der Waals surface area contributed by atoms with Gasteiger partial charge in [-0.15, -0.1) is 0 Å². The molecule has 1 fully saturated rings. The second-order valence-electron chi connectivity index (χ2n) is 5.12. The van der Waals surface area contributed by atoms with Crippen LogP contribution in [0.2, 0.25) is 0 Å². The van der Waals surface area contributed by atoms with E-state index < -0.39 is 0 Å². The lowest BCUT2D eigenvalue weighted by atomic mass is 10.0. The van der Waals surface area contributed by atoms with Crippen LogP contribution >= 0.6 is 0 Å². The zero-order chi connectivity index (χ0) is 13.8. The molecule has 19 heavy (non-hydrogen) atoms. The van der Waals surface area contributed by atoms with E-state index in [2.05, 4.69) is 23.3 Å². The van der Waals surface area contributed by atoms with Crippen molar-refractivity contribution in [3.63, 3.8) is 0 Å². The molecule has 4 nitrogen and oxygen atoms in total. The SMILES string of the molecule is CNC(CN(C)C1CC1)c1cc(OC)ccc1OC. The summed E-state index contributed by atoms with van der Waals surface area (Å²) in [5, 5.41) is 3.38. The van der Waals surface area contributed by atoms with E-state index in [0.717, 1.165) is 29.6 Å². The van der Waals surface area contributed by atoms with Gasteiger partial charge in [0.15, 0.2) is 0 Å². The Hall–Kier alpha value is -1.26. The first-order valence-electron chi connectivity index (χ1n) is 6.79. The van der Waals surface area contributed by atoms with Crippen molar-refractivity contribution in [1.29, 1.82) is 0 Å². The summed E-state index contributed by atoms with van der Waals surface area (Å²) in [5.41, 5.74) is 1.15. The number of likely N-dealkylation sites (N-methyl/N-ethyl adjacent to an activating group) is 2. The summed E-state index contributed by atoms with van der Waals surface area (Å²) in [6.07, 6.45) is 2.64. The highest BCUT2D eigenvalue weighted by molar-refractivity contribution is 5.42. The van der Waals surface area contributed by atoms with Crippen molar-refractivity contribution >= 4 is 0 Å². The molecule has 1 saturated carbocycles. The molecule has 0 spiro atoms. The number of rotatable bonds is 7. The van der Waals surface area contributed by atoms with Gasteiger partial charge in [0.25, 0.3) is 0 Å². The first kappa shape index (κ1) is 14.2. The third-order valence-corrected chi connectivity index (χ3v) is 3.80. The molecule has 1 aliphatic rings. The molecule has 1 aliphatic carbocycles. The number of benzene rings is 1. The number of hydrogen-bond donors (Lipinski definition) is 1. The molecule has 4 heteroatoms. The summed E-state index contributed by atoms with van der Waals surface area (Å²) in [4.78, 5) is 2.42. The van der Waals surface area contributed by atoms with Crippen molar-refractivity contribution in [1.82, 2.24) is 10.2 Å². The van der Waals surface area contributed by atoms with E-state index >= 15 is 0 Å². The highest BCUT2D eigenvalue weighted by atomic mass is 16.5. The van der Waals surface area contributed by atoms with Crippen LogP contribution in [0.15, 0.2) is 18.2 Å². The van der Waals surface area contributed by atoms with Gasteiger partial charge in [0.2, 0.25) is 0 Å². The predicted molar refractivity (Wildman–Crippen MR) is 77.0 cm³/mol. The topological polar surface area (TPSA) is 33.7 Å². The Labute approximate surface area is 115 Å². The number of nitrogens with zero attached hydrogens (tertiary/aromatic N) is 1. The normalized spacial score (nSPS) is 16.5. The van der Waals surface area contributed by atoms with Crippen molar-refractivity contribution < 1.29 is 9.47 Å². The molecular formula is C15H24N2O2. The Balaban J connectivity index is 2.19. The van der Waals surface area contributed by atoms with Crippen LogP contribution in [0.4, 0.5) is 0 Å². The largest absolute Gasteiger partial charge is 0.497 e. The van der Waals surface area contributed by atoms with E-state index in [1.807, 2.05) is 19.2 Å². The van der Waals surface area contributed by atoms with Gasteiger partial charge in [-0.05, 0) is 45.1 Å². The average molecular weight is 264 g/mol. The third-order valence-electron chi connectivity index (χ3n) is 3.80. The fourth-order valence-corrected chi connectivity index (χ4v) is 2.41. The molecule has 2 rings (SSSR count). The summed E-state index contributed by atoms with van der Waals surface area (Å²) < 4.78 is 10.8. The lowest BCUT2D eigenvalue weighted by molar-refractivity contribution is 0.283. The Morgan fingerprint density at radius 1 is 1.32 bits per heavy atom. The van der Waals surface area contributed by atoms with Gasteiger partial charge in [0, 0.05) is 24.2 Å². The summed E-state index contributed by atoms with van der Waals surface area (Å²) >= 11 is 0. The molecule has 0 bridgehead atoms. The van der Waals surface area contributed by atoms with Gasteiger partial charge in [-0.25, -0.2) is 0 Å². The maximum atomic E-state index is 5.47. The van der Waals surface area contributed by atoms with E-state index in [4.69, 9.17) is 9.47 Å². The Morgan fingerprint density at radius 3 is 2.58 bits per heavy atom. The van der Waals surface area contributed by atoms with Crippen LogP contribution in [0.5, 0.6) is 11.5 Å². The molecule has 1 N–H and O–H groups in total. The number of methoxy groups -OCH3 is 2. The maximum absolute atomic E-state index is 5.47. The molecular weight excluding hydrogens is 240 g/mol. The Morgan fingerprint density at radius 2 is 2.05 bits per heavy atom. The fourth-order valence-electron chi connectivity index (χ4n) is 2.41. The van der Waals surface area contributed by atoms with Crippen LogP contribution in [-0.2, 0) is 0 Å². The van der Waals surface area contributed by atoms with Gasteiger partial charge in [0.05, 0.1) is 14.2 Å². The van der Waals surface area contributed by atoms with E-state index in [0.29, 0.717) is 0 Å². The monoisotopic (exact) mass is 264 g/mol. The fraction of sp³-hybridized carbons (Fsp3) is 0.600. The zero-order valence-electron chi connectivity index (χ0n) is 12.3. The summed E-state index contributed by atoms with van der Waals surface area (Å²) in [6, 6.07) is 6.96. The van der Waals surface area contributed by atoms with Gasteiger partial charge in [-0.2, -0.15) is 0 Å². The van der Waals surface area contributed by atoms with Crippen molar-refractivity contribution in [2.75, 3.05) is 34.9 Å². The number of hydrogen-bond acceptors (Lipinski definition) is 4. The average Bonchev–Trinajstić information content (AvgIpc) is 3.28. The van der Waals surface area contributed by atoms with Gasteiger partial charge in [-0.3, -0.25) is 0 Å². The summed E-state index contributed by atoms with van der Waals surface area (Å²) in [6.45, 7) is 0.977. The second kappa shape index (κ2) is 6.26. The number of ether oxygens (including phenoxy) is 2. The highest BCUT2D eigenvalue weighted by Crippen LogP contribution is 2.32. The van der Waals surface area contributed by atoms with E-state index in [-0.39, 0.29) is 6.04 Å². The molecule has 0 amide bonds. The standard InChI is InChI=1S/C15H24N2O2/c1-16-14(10-17(2)11-5-6-11)13-9-12(18-3)7-8-15(13)19-4/h7-9,11,14,16H,5-6,10H2,1-4H3. The molecule has 1 atom stereocenters. The Bertz CT molecular complexity index is 419. The molecule has 0 aromatic heterocycles. The summed E-state index contributed by atoms with van der Waals surface area (Å²) in [7, 11) is 7.58. The number of nitrogens with one attached hydrogen (secondary N) is 1. The maximum Gasteiger partial charge on any atom is 0.123 e. The van der Waals surface area contributed by atoms with Crippen molar-refractivity contribution in [3.05, 3.63) is 23.8 Å². The van der Waals surface area contributed by atoms with E-state index in [1.165, 1.54) is 12.8 Å². The van der Waals surface area contributed by atoms with Crippen molar-refractivity contribution in [2.24, 2.45) is 0 Å². The van der Waals surface area contributed by atoms with Gasteiger partial charge in [-0.1, -0.05) is 0 Å². The van der Waals surface area contributed by atoms with Gasteiger partial charge < -0.3 is 19.7 Å². The first-order chi connectivity index (χ1) is 9.19. The predicted octanol–water partition coefficient (Wildman–Crippen LogP) is 2.06. The minimum atomic E-state index is 0.246. The van der Waals surface area contributed by atoms with Crippen LogP contribution in [-0.4, -0.2) is 45.8 Å². The smallest absolute Gasteiger partial charge is 0.123 e.